The topological polar surface area (TPSA) is 46.3 Å². The molecule has 0 bridgehead atoms. The highest BCUT2D eigenvalue weighted by Gasteiger charge is 2.07. The van der Waals surface area contributed by atoms with Crippen molar-refractivity contribution in [1.82, 2.24) is 4.98 Å². The third-order valence-electron chi connectivity index (χ3n) is 2.79. The number of anilines is 1. The number of halogens is 1. The summed E-state index contributed by atoms with van der Waals surface area (Å²) in [6.45, 7) is 1.90. The van der Waals surface area contributed by atoms with Crippen LogP contribution in [0.1, 0.15) is 12.3 Å². The van der Waals surface area contributed by atoms with Crippen LogP contribution in [0.5, 0.6) is 0 Å². The molecule has 0 spiro atoms. The monoisotopic (exact) mass is 250 g/mol. The number of hydrogen-bond acceptors (Lipinski definition) is 4. The van der Waals surface area contributed by atoms with E-state index >= 15 is 0 Å². The number of hydrogen-bond donors (Lipinski definition) is 0. The van der Waals surface area contributed by atoms with Gasteiger partial charge in [-0.2, -0.15) is 0 Å². The van der Waals surface area contributed by atoms with E-state index in [0.717, 1.165) is 5.69 Å². The van der Waals surface area contributed by atoms with Gasteiger partial charge in [0.1, 0.15) is 0 Å². The molecule has 0 aliphatic carbocycles. The van der Waals surface area contributed by atoms with Crippen molar-refractivity contribution in [3.63, 3.8) is 0 Å². The Balaban J connectivity index is 2.41. The number of aromatic nitrogens is 1. The first-order chi connectivity index (χ1) is 8.61. The number of aryl methyl sites for hydroxylation is 1. The zero-order valence-electron chi connectivity index (χ0n) is 10.4. The summed E-state index contributed by atoms with van der Waals surface area (Å²) in [4.78, 5) is 17.8. The number of fused-ring (bicyclic) bond motifs is 1. The van der Waals surface area contributed by atoms with E-state index in [4.69, 9.17) is 4.42 Å². The number of rotatable bonds is 4. The average molecular weight is 250 g/mol. The predicted octanol–water partition coefficient (Wildman–Crippen LogP) is 2.29. The zero-order chi connectivity index (χ0) is 13.1. The minimum absolute atomic E-state index is 0.346. The third kappa shape index (κ3) is 2.50. The Bertz CT molecular complexity index is 609. The van der Waals surface area contributed by atoms with E-state index in [1.54, 1.807) is 19.1 Å². The van der Waals surface area contributed by atoms with Crippen LogP contribution in [0.3, 0.4) is 0 Å². The molecule has 0 aliphatic heterocycles. The summed E-state index contributed by atoms with van der Waals surface area (Å²) in [7, 11) is 1.86. The van der Waals surface area contributed by atoms with Crippen LogP contribution >= 0.6 is 0 Å². The molecule has 5 heteroatoms. The number of alkyl halides is 1. The van der Waals surface area contributed by atoms with Gasteiger partial charge in [-0.05, 0) is 24.6 Å². The van der Waals surface area contributed by atoms with Crippen molar-refractivity contribution < 1.29 is 8.81 Å². The first-order valence-corrected chi connectivity index (χ1v) is 5.80. The summed E-state index contributed by atoms with van der Waals surface area (Å²) in [6.07, 6.45) is 0.468. The SMILES string of the molecule is Cc1nc2ccc(N(C)CCCF)cc2c(=O)o1. The van der Waals surface area contributed by atoms with Crippen LogP contribution in [0.25, 0.3) is 10.9 Å². The average Bonchev–Trinajstić information content (AvgIpc) is 2.35. The highest BCUT2D eigenvalue weighted by atomic mass is 19.1. The molecule has 4 nitrogen and oxygen atoms in total. The molecule has 0 aliphatic rings. The lowest BCUT2D eigenvalue weighted by Gasteiger charge is -2.18. The minimum atomic E-state index is -0.391. The van der Waals surface area contributed by atoms with E-state index < -0.39 is 5.63 Å². The van der Waals surface area contributed by atoms with Crippen molar-refractivity contribution in [2.45, 2.75) is 13.3 Å². The summed E-state index contributed by atoms with van der Waals surface area (Å²) in [5, 5.41) is 0.449. The van der Waals surface area contributed by atoms with Gasteiger partial charge >= 0.3 is 5.63 Å². The summed E-state index contributed by atoms with van der Waals surface area (Å²) in [5.41, 5.74) is 1.08. The molecule has 2 aromatic rings. The highest BCUT2D eigenvalue weighted by Crippen LogP contribution is 2.18. The first-order valence-electron chi connectivity index (χ1n) is 5.80. The van der Waals surface area contributed by atoms with Gasteiger partial charge in [0, 0.05) is 26.2 Å². The Labute approximate surface area is 104 Å². The van der Waals surface area contributed by atoms with Crippen molar-refractivity contribution in [1.29, 1.82) is 0 Å². The van der Waals surface area contributed by atoms with Crippen LogP contribution in [0.15, 0.2) is 27.4 Å². The normalized spacial score (nSPS) is 10.8. The van der Waals surface area contributed by atoms with Gasteiger partial charge in [-0.15, -0.1) is 0 Å². The van der Waals surface area contributed by atoms with Gasteiger partial charge in [-0.3, -0.25) is 4.39 Å². The predicted molar refractivity (Wildman–Crippen MR) is 68.9 cm³/mol. The van der Waals surface area contributed by atoms with E-state index in [1.807, 2.05) is 18.0 Å². The smallest absolute Gasteiger partial charge is 0.346 e. The van der Waals surface area contributed by atoms with Crippen molar-refractivity contribution in [2.24, 2.45) is 0 Å². The Morgan fingerprint density at radius 1 is 1.44 bits per heavy atom. The summed E-state index contributed by atoms with van der Waals surface area (Å²) in [5.74, 6) is 0.353. The summed E-state index contributed by atoms with van der Waals surface area (Å²) >= 11 is 0. The van der Waals surface area contributed by atoms with E-state index in [9.17, 15) is 9.18 Å². The van der Waals surface area contributed by atoms with Crippen molar-refractivity contribution in [3.05, 3.63) is 34.5 Å². The molecule has 1 heterocycles. The van der Waals surface area contributed by atoms with Crippen LogP contribution in [0, 0.1) is 6.92 Å². The summed E-state index contributed by atoms with van der Waals surface area (Å²) < 4.78 is 17.1. The Hall–Kier alpha value is -1.91. The van der Waals surface area contributed by atoms with Gasteiger partial charge in [-0.1, -0.05) is 0 Å². The Morgan fingerprint density at radius 3 is 2.94 bits per heavy atom. The maximum absolute atomic E-state index is 12.1. The van der Waals surface area contributed by atoms with Crippen LogP contribution in [-0.4, -0.2) is 25.3 Å². The molecule has 2 rings (SSSR count). The molecule has 0 N–H and O–H groups in total. The van der Waals surface area contributed by atoms with Crippen LogP contribution < -0.4 is 10.5 Å². The van der Waals surface area contributed by atoms with Crippen molar-refractivity contribution in [2.75, 3.05) is 25.2 Å². The molecular formula is C13H15FN2O2. The summed E-state index contributed by atoms with van der Waals surface area (Å²) in [6, 6.07) is 5.37. The maximum atomic E-state index is 12.1. The van der Waals surface area contributed by atoms with Gasteiger partial charge < -0.3 is 9.32 Å². The second-order valence-electron chi connectivity index (χ2n) is 4.19. The standard InChI is InChI=1S/C13H15FN2O2/c1-9-15-12-5-4-10(16(2)7-3-6-14)8-11(12)13(17)18-9/h4-5,8H,3,6-7H2,1-2H3. The van der Waals surface area contributed by atoms with Crippen LogP contribution in [-0.2, 0) is 0 Å². The largest absolute Gasteiger partial charge is 0.408 e. The lowest BCUT2D eigenvalue weighted by atomic mass is 10.2. The minimum Gasteiger partial charge on any atom is -0.408 e. The number of nitrogens with zero attached hydrogens (tertiary/aromatic N) is 2. The molecule has 0 radical (unpaired) electrons. The quantitative estimate of drug-likeness (QED) is 0.835. The molecule has 0 atom stereocenters. The lowest BCUT2D eigenvalue weighted by Crippen LogP contribution is -2.19. The van der Waals surface area contributed by atoms with Gasteiger partial charge in [0.25, 0.3) is 0 Å². The molecule has 1 aromatic carbocycles. The molecule has 0 unspecified atom stereocenters. The molecule has 0 fully saturated rings. The van der Waals surface area contributed by atoms with E-state index in [0.29, 0.717) is 29.8 Å². The van der Waals surface area contributed by atoms with Gasteiger partial charge in [0.05, 0.1) is 17.6 Å². The third-order valence-corrected chi connectivity index (χ3v) is 2.79. The lowest BCUT2D eigenvalue weighted by molar-refractivity contribution is 0.467. The molecule has 0 saturated carbocycles. The highest BCUT2D eigenvalue weighted by molar-refractivity contribution is 5.81. The van der Waals surface area contributed by atoms with E-state index in [1.165, 1.54) is 0 Å². The molecule has 0 amide bonds. The molecule has 18 heavy (non-hydrogen) atoms. The Morgan fingerprint density at radius 2 is 2.22 bits per heavy atom. The van der Waals surface area contributed by atoms with E-state index in [-0.39, 0.29) is 6.67 Å². The molecule has 0 saturated heterocycles. The maximum Gasteiger partial charge on any atom is 0.346 e. The fraction of sp³-hybridized carbons (Fsp3) is 0.385. The van der Waals surface area contributed by atoms with Crippen molar-refractivity contribution >= 4 is 16.6 Å². The van der Waals surface area contributed by atoms with Crippen molar-refractivity contribution in [3.8, 4) is 0 Å². The number of benzene rings is 1. The second kappa shape index (κ2) is 5.16. The van der Waals surface area contributed by atoms with E-state index in [2.05, 4.69) is 4.98 Å². The van der Waals surface area contributed by atoms with Crippen LogP contribution in [0.2, 0.25) is 0 Å². The Kier molecular flexibility index (Phi) is 3.60. The zero-order valence-corrected chi connectivity index (χ0v) is 10.4. The van der Waals surface area contributed by atoms with Crippen LogP contribution in [0.4, 0.5) is 10.1 Å². The van der Waals surface area contributed by atoms with Gasteiger partial charge in [0.15, 0.2) is 5.89 Å². The first kappa shape index (κ1) is 12.5. The fourth-order valence-electron chi connectivity index (χ4n) is 1.83. The molecular weight excluding hydrogens is 235 g/mol. The molecule has 96 valence electrons. The van der Waals surface area contributed by atoms with Gasteiger partial charge in [0.2, 0.25) is 0 Å². The second-order valence-corrected chi connectivity index (χ2v) is 4.19. The van der Waals surface area contributed by atoms with Gasteiger partial charge in [-0.25, -0.2) is 9.78 Å². The fourth-order valence-corrected chi connectivity index (χ4v) is 1.83. The molecule has 1 aromatic heterocycles.